The number of nitrogens with zero attached hydrogens (tertiary/aromatic N) is 1. The van der Waals surface area contributed by atoms with Crippen molar-refractivity contribution in [1.82, 2.24) is 10.6 Å². The molecule has 2 unspecified atom stereocenters. The molecule has 2 rings (SSSR count). The lowest BCUT2D eigenvalue weighted by atomic mass is 10.3. The summed E-state index contributed by atoms with van der Waals surface area (Å²) in [7, 11) is 1.64. The van der Waals surface area contributed by atoms with Gasteiger partial charge in [-0.25, -0.2) is 4.99 Å². The second-order valence-electron chi connectivity index (χ2n) is 6.44. The van der Waals surface area contributed by atoms with E-state index < -0.39 is 0 Å². The molecular formula is C20H34IN3O4. The highest BCUT2D eigenvalue weighted by Gasteiger charge is 2.15. The minimum atomic E-state index is -0.0672. The first-order valence-electron chi connectivity index (χ1n) is 9.74. The Balaban J connectivity index is 0.00000392. The van der Waals surface area contributed by atoms with Crippen molar-refractivity contribution >= 4 is 29.9 Å². The quantitative estimate of drug-likeness (QED) is 0.208. The predicted octanol–water partition coefficient (Wildman–Crippen LogP) is 2.83. The van der Waals surface area contributed by atoms with Crippen LogP contribution in [0, 0.1) is 0 Å². The van der Waals surface area contributed by atoms with Crippen LogP contribution in [0.5, 0.6) is 11.5 Å². The SMILES string of the molecule is CCNC(=NCC(C)Oc1ccccc1OC)NCCCOC1CCOC1.I. The first kappa shape index (κ1) is 24.8. The van der Waals surface area contributed by atoms with Gasteiger partial charge >= 0.3 is 0 Å². The van der Waals surface area contributed by atoms with Crippen molar-refractivity contribution < 1.29 is 18.9 Å². The molecule has 2 N–H and O–H groups in total. The molecule has 8 heteroatoms. The van der Waals surface area contributed by atoms with Gasteiger partial charge < -0.3 is 29.6 Å². The lowest BCUT2D eigenvalue weighted by Gasteiger charge is -2.17. The molecule has 7 nitrogen and oxygen atoms in total. The fourth-order valence-corrected chi connectivity index (χ4v) is 2.71. The summed E-state index contributed by atoms with van der Waals surface area (Å²) in [6, 6.07) is 7.64. The van der Waals surface area contributed by atoms with Crippen LogP contribution in [0.3, 0.4) is 0 Å². The van der Waals surface area contributed by atoms with Crippen LogP contribution in [0.1, 0.15) is 26.7 Å². The number of rotatable bonds is 11. The van der Waals surface area contributed by atoms with Gasteiger partial charge in [0.05, 0.1) is 26.4 Å². The predicted molar refractivity (Wildman–Crippen MR) is 122 cm³/mol. The van der Waals surface area contributed by atoms with Gasteiger partial charge in [-0.2, -0.15) is 0 Å². The molecule has 2 atom stereocenters. The number of hydrogen-bond acceptors (Lipinski definition) is 5. The highest BCUT2D eigenvalue weighted by Crippen LogP contribution is 2.26. The zero-order valence-electron chi connectivity index (χ0n) is 17.1. The van der Waals surface area contributed by atoms with Gasteiger partial charge in [0.2, 0.25) is 0 Å². The van der Waals surface area contributed by atoms with Crippen LogP contribution in [0.25, 0.3) is 0 Å². The van der Waals surface area contributed by atoms with E-state index in [1.54, 1.807) is 7.11 Å². The van der Waals surface area contributed by atoms with Gasteiger partial charge in [-0.05, 0) is 38.8 Å². The summed E-state index contributed by atoms with van der Waals surface area (Å²) >= 11 is 0. The maximum atomic E-state index is 5.95. The Hall–Kier alpha value is -1.26. The van der Waals surface area contributed by atoms with Crippen LogP contribution < -0.4 is 20.1 Å². The summed E-state index contributed by atoms with van der Waals surface area (Å²) < 4.78 is 22.3. The van der Waals surface area contributed by atoms with Crippen molar-refractivity contribution in [3.63, 3.8) is 0 Å². The zero-order chi connectivity index (χ0) is 19.3. The standard InChI is InChI=1S/C20H33N3O4.HI/c1-4-21-20(22-11-7-12-26-17-10-13-25-15-17)23-14-16(2)27-19-9-6-5-8-18(19)24-3;/h5-6,8-9,16-17H,4,7,10-15H2,1-3H3,(H2,21,22,23);1H. The fourth-order valence-electron chi connectivity index (χ4n) is 2.71. The number of nitrogens with one attached hydrogen (secondary N) is 2. The van der Waals surface area contributed by atoms with E-state index >= 15 is 0 Å². The van der Waals surface area contributed by atoms with Gasteiger partial charge in [-0.3, -0.25) is 0 Å². The van der Waals surface area contributed by atoms with Crippen molar-refractivity contribution in [1.29, 1.82) is 0 Å². The van der Waals surface area contributed by atoms with E-state index in [1.165, 1.54) is 0 Å². The molecule has 0 saturated carbocycles. The normalized spacial score (nSPS) is 17.5. The molecule has 0 aliphatic carbocycles. The highest BCUT2D eigenvalue weighted by molar-refractivity contribution is 14.0. The molecule has 0 spiro atoms. The van der Waals surface area contributed by atoms with E-state index in [2.05, 4.69) is 22.5 Å². The second kappa shape index (κ2) is 14.7. The summed E-state index contributed by atoms with van der Waals surface area (Å²) in [6.45, 7) is 8.48. The minimum absolute atomic E-state index is 0. The Labute approximate surface area is 185 Å². The molecule has 1 heterocycles. The summed E-state index contributed by atoms with van der Waals surface area (Å²) in [5, 5.41) is 6.59. The van der Waals surface area contributed by atoms with Crippen LogP contribution in [0.2, 0.25) is 0 Å². The van der Waals surface area contributed by atoms with E-state index in [4.69, 9.17) is 18.9 Å². The minimum Gasteiger partial charge on any atom is -0.493 e. The molecule has 0 amide bonds. The van der Waals surface area contributed by atoms with Crippen LogP contribution in [-0.4, -0.2) is 64.7 Å². The van der Waals surface area contributed by atoms with E-state index in [0.717, 1.165) is 63.2 Å². The van der Waals surface area contributed by atoms with Gasteiger partial charge in [-0.1, -0.05) is 12.1 Å². The Morgan fingerprint density at radius 2 is 2.07 bits per heavy atom. The molecule has 28 heavy (non-hydrogen) atoms. The van der Waals surface area contributed by atoms with E-state index in [1.807, 2.05) is 31.2 Å². The number of hydrogen-bond donors (Lipinski definition) is 2. The van der Waals surface area contributed by atoms with Gasteiger partial charge in [0.1, 0.15) is 6.10 Å². The monoisotopic (exact) mass is 507 g/mol. The van der Waals surface area contributed by atoms with Crippen LogP contribution in [0.15, 0.2) is 29.3 Å². The lowest BCUT2D eigenvalue weighted by Crippen LogP contribution is -2.39. The molecule has 1 aliphatic rings. The molecule has 0 aromatic heterocycles. The second-order valence-corrected chi connectivity index (χ2v) is 6.44. The number of methoxy groups -OCH3 is 1. The first-order valence-corrected chi connectivity index (χ1v) is 9.74. The zero-order valence-corrected chi connectivity index (χ0v) is 19.4. The number of aliphatic imine (C=N–C) groups is 1. The fraction of sp³-hybridized carbons (Fsp3) is 0.650. The Kier molecular flexibility index (Phi) is 13.0. The summed E-state index contributed by atoms with van der Waals surface area (Å²) in [4.78, 5) is 4.61. The molecule has 0 bridgehead atoms. The van der Waals surface area contributed by atoms with Gasteiger partial charge in [0.15, 0.2) is 17.5 Å². The smallest absolute Gasteiger partial charge is 0.191 e. The molecule has 160 valence electrons. The first-order chi connectivity index (χ1) is 13.2. The Morgan fingerprint density at radius 3 is 2.75 bits per heavy atom. The van der Waals surface area contributed by atoms with Gasteiger partial charge in [0, 0.05) is 26.3 Å². The third-order valence-electron chi connectivity index (χ3n) is 4.10. The number of benzene rings is 1. The molecular weight excluding hydrogens is 473 g/mol. The van der Waals surface area contributed by atoms with Crippen molar-refractivity contribution in [3.8, 4) is 11.5 Å². The van der Waals surface area contributed by atoms with Crippen LogP contribution >= 0.6 is 24.0 Å². The topological polar surface area (TPSA) is 73.3 Å². The summed E-state index contributed by atoms with van der Waals surface area (Å²) in [5.74, 6) is 2.25. The third kappa shape index (κ3) is 9.29. The van der Waals surface area contributed by atoms with Crippen molar-refractivity contribution in [3.05, 3.63) is 24.3 Å². The molecule has 1 fully saturated rings. The number of ether oxygens (including phenoxy) is 4. The molecule has 1 aliphatic heterocycles. The summed E-state index contributed by atoms with van der Waals surface area (Å²) in [6.07, 6.45) is 2.12. The van der Waals surface area contributed by atoms with Gasteiger partial charge in [-0.15, -0.1) is 24.0 Å². The number of guanidine groups is 1. The molecule has 0 radical (unpaired) electrons. The van der Waals surface area contributed by atoms with Crippen LogP contribution in [-0.2, 0) is 9.47 Å². The van der Waals surface area contributed by atoms with Crippen molar-refractivity contribution in [2.75, 3.05) is 46.6 Å². The average molecular weight is 507 g/mol. The lowest BCUT2D eigenvalue weighted by molar-refractivity contribution is 0.0420. The van der Waals surface area contributed by atoms with E-state index in [-0.39, 0.29) is 36.2 Å². The largest absolute Gasteiger partial charge is 0.493 e. The number of para-hydroxylation sites is 2. The third-order valence-corrected chi connectivity index (χ3v) is 4.10. The Morgan fingerprint density at radius 1 is 1.29 bits per heavy atom. The van der Waals surface area contributed by atoms with Gasteiger partial charge in [0.25, 0.3) is 0 Å². The van der Waals surface area contributed by atoms with E-state index in [0.29, 0.717) is 6.54 Å². The summed E-state index contributed by atoms with van der Waals surface area (Å²) in [5.41, 5.74) is 0. The maximum absolute atomic E-state index is 5.95. The molecule has 1 aromatic carbocycles. The maximum Gasteiger partial charge on any atom is 0.191 e. The molecule has 1 aromatic rings. The average Bonchev–Trinajstić information content (AvgIpc) is 3.19. The number of halogens is 1. The van der Waals surface area contributed by atoms with Crippen molar-refractivity contribution in [2.24, 2.45) is 4.99 Å². The van der Waals surface area contributed by atoms with Crippen molar-refractivity contribution in [2.45, 2.75) is 38.9 Å². The van der Waals surface area contributed by atoms with E-state index in [9.17, 15) is 0 Å². The van der Waals surface area contributed by atoms with Crippen LogP contribution in [0.4, 0.5) is 0 Å². The highest BCUT2D eigenvalue weighted by atomic mass is 127. The molecule has 1 saturated heterocycles. The Bertz CT molecular complexity index is 568.